The number of thioether (sulfide) groups is 1. The second-order valence-electron chi connectivity index (χ2n) is 8.92. The lowest BCUT2D eigenvalue weighted by atomic mass is 10.1. The number of hydrogen-bond donors (Lipinski definition) is 1. The third-order valence-corrected chi connectivity index (χ3v) is 7.58. The first kappa shape index (κ1) is 21.8. The molecule has 1 N–H and O–H groups in total. The van der Waals surface area contributed by atoms with Gasteiger partial charge in [-0.15, -0.1) is 0 Å². The molecule has 0 unspecified atom stereocenters. The number of para-hydroxylation sites is 2. The Morgan fingerprint density at radius 1 is 0.973 bits per heavy atom. The third kappa shape index (κ3) is 3.66. The molecule has 5 heterocycles. The molecule has 180 valence electrons. The molecular formula is C28H20N6O2S. The molecule has 1 atom stereocenters. The molecule has 37 heavy (non-hydrogen) atoms. The number of pyridine rings is 1. The first-order valence-corrected chi connectivity index (χ1v) is 12.9. The second-order valence-corrected chi connectivity index (χ2v) is 9.86. The van der Waals surface area contributed by atoms with Crippen LogP contribution in [-0.2, 0) is 17.0 Å². The molecule has 3 aromatic heterocycles. The Hall–Kier alpha value is -4.50. The molecule has 9 heteroatoms. The van der Waals surface area contributed by atoms with Gasteiger partial charge >= 0.3 is 0 Å². The normalized spacial score (nSPS) is 16.6. The smallest absolute Gasteiger partial charge is 0.259 e. The van der Waals surface area contributed by atoms with Crippen molar-refractivity contribution in [2.24, 2.45) is 9.98 Å². The van der Waals surface area contributed by atoms with Crippen molar-refractivity contribution >= 4 is 50.9 Å². The molecule has 7 rings (SSSR count). The molecule has 0 spiro atoms. The number of carbonyl (C=O) groups is 1. The van der Waals surface area contributed by atoms with Crippen LogP contribution in [0.5, 0.6) is 0 Å². The molecule has 0 aliphatic carbocycles. The van der Waals surface area contributed by atoms with Crippen molar-refractivity contribution in [3.63, 3.8) is 0 Å². The number of nitrogens with one attached hydrogen (secondary N) is 1. The molecule has 8 nitrogen and oxygen atoms in total. The maximum atomic E-state index is 13.7. The van der Waals surface area contributed by atoms with Gasteiger partial charge in [0, 0.05) is 47.1 Å². The molecule has 0 fully saturated rings. The molecule has 0 radical (unpaired) electrons. The van der Waals surface area contributed by atoms with Crippen LogP contribution in [0.3, 0.4) is 0 Å². The molecule has 5 aromatic rings. The summed E-state index contributed by atoms with van der Waals surface area (Å²) >= 11 is 1.38. The number of fused-ring (bicyclic) bond motifs is 5. The quantitative estimate of drug-likeness (QED) is 0.395. The Morgan fingerprint density at radius 2 is 1.81 bits per heavy atom. The summed E-state index contributed by atoms with van der Waals surface area (Å²) in [7, 11) is 0. The van der Waals surface area contributed by atoms with E-state index in [1.54, 1.807) is 23.2 Å². The standard InChI is InChI=1S/C28H20N6O2S/c35-25-14-18(30-24-11-5-6-12-33(24)25)16-37-28-32-22-10-4-2-8-20(22)26-31-23(27(36)34(26)28)13-17-15-29-21-9-3-1-7-19(17)21/h1-12,14-15,23,29H,13,16H2/t23-/m0/s1. The summed E-state index contributed by atoms with van der Waals surface area (Å²) in [6.07, 6.45) is 4.15. The second kappa shape index (κ2) is 8.56. The van der Waals surface area contributed by atoms with Crippen LogP contribution in [0.2, 0.25) is 0 Å². The Bertz CT molecular complexity index is 1840. The molecule has 0 saturated carbocycles. The van der Waals surface area contributed by atoms with E-state index in [0.29, 0.717) is 34.5 Å². The van der Waals surface area contributed by atoms with Crippen LogP contribution in [-0.4, -0.2) is 42.2 Å². The summed E-state index contributed by atoms with van der Waals surface area (Å²) in [5, 5.41) is 1.64. The zero-order chi connectivity index (χ0) is 24.9. The van der Waals surface area contributed by atoms with Gasteiger partial charge in [0.1, 0.15) is 17.5 Å². The predicted octanol–water partition coefficient (Wildman–Crippen LogP) is 4.31. The van der Waals surface area contributed by atoms with Crippen molar-refractivity contribution in [2.75, 3.05) is 0 Å². The number of amidine groups is 2. The van der Waals surface area contributed by atoms with Gasteiger partial charge in [-0.05, 0) is 35.9 Å². The SMILES string of the molecule is O=C1[C@H](Cc2c[nH]c3ccccc23)N=C2c3ccccc3N=C(SCc3cc(=O)n4ccccc4n3)N12. The zero-order valence-electron chi connectivity index (χ0n) is 19.5. The van der Waals surface area contributed by atoms with E-state index in [1.807, 2.05) is 54.7 Å². The van der Waals surface area contributed by atoms with Crippen LogP contribution in [0.4, 0.5) is 5.69 Å². The highest BCUT2D eigenvalue weighted by atomic mass is 32.2. The fourth-order valence-electron chi connectivity index (χ4n) is 4.86. The minimum Gasteiger partial charge on any atom is -0.361 e. The topological polar surface area (TPSA) is 95.2 Å². The number of aromatic amines is 1. The van der Waals surface area contributed by atoms with Gasteiger partial charge in [-0.2, -0.15) is 0 Å². The van der Waals surface area contributed by atoms with E-state index in [2.05, 4.69) is 16.0 Å². The number of aliphatic imine (C=N–C) groups is 2. The first-order valence-electron chi connectivity index (χ1n) is 11.9. The van der Waals surface area contributed by atoms with Gasteiger partial charge in [-0.25, -0.2) is 14.9 Å². The maximum Gasteiger partial charge on any atom is 0.259 e. The molecule has 0 saturated heterocycles. The van der Waals surface area contributed by atoms with Crippen LogP contribution in [0.15, 0.2) is 100.0 Å². The van der Waals surface area contributed by atoms with Gasteiger partial charge in [-0.1, -0.05) is 48.2 Å². The molecule has 2 aromatic carbocycles. The first-order chi connectivity index (χ1) is 18.2. The lowest BCUT2D eigenvalue weighted by Crippen LogP contribution is -2.41. The molecule has 2 aliphatic heterocycles. The number of hydrogen-bond acceptors (Lipinski definition) is 6. The van der Waals surface area contributed by atoms with E-state index in [4.69, 9.17) is 9.98 Å². The Kier molecular flexibility index (Phi) is 5.03. The summed E-state index contributed by atoms with van der Waals surface area (Å²) in [6.45, 7) is 0. The third-order valence-electron chi connectivity index (χ3n) is 6.61. The lowest BCUT2D eigenvalue weighted by Gasteiger charge is -2.25. The van der Waals surface area contributed by atoms with Gasteiger partial charge < -0.3 is 4.98 Å². The van der Waals surface area contributed by atoms with Crippen LogP contribution >= 0.6 is 11.8 Å². The summed E-state index contributed by atoms with van der Waals surface area (Å²) in [5.74, 6) is 0.910. The average molecular weight is 505 g/mol. The highest BCUT2D eigenvalue weighted by molar-refractivity contribution is 8.13. The van der Waals surface area contributed by atoms with E-state index < -0.39 is 6.04 Å². The van der Waals surface area contributed by atoms with E-state index in [-0.39, 0.29) is 11.5 Å². The Morgan fingerprint density at radius 3 is 2.76 bits per heavy atom. The van der Waals surface area contributed by atoms with E-state index in [1.165, 1.54) is 22.2 Å². The summed E-state index contributed by atoms with van der Waals surface area (Å²) in [4.78, 5) is 45.5. The van der Waals surface area contributed by atoms with Gasteiger partial charge in [0.05, 0.1) is 11.4 Å². The van der Waals surface area contributed by atoms with Crippen LogP contribution < -0.4 is 5.56 Å². The summed E-state index contributed by atoms with van der Waals surface area (Å²) < 4.78 is 1.51. The number of carbonyl (C=O) groups excluding carboxylic acids is 1. The van der Waals surface area contributed by atoms with Gasteiger partial charge in [-0.3, -0.25) is 19.0 Å². The summed E-state index contributed by atoms with van der Waals surface area (Å²) in [6, 6.07) is 22.2. The van der Waals surface area contributed by atoms with Crippen molar-refractivity contribution in [3.05, 3.63) is 112 Å². The summed E-state index contributed by atoms with van der Waals surface area (Å²) in [5.41, 5.74) is 4.77. The highest BCUT2D eigenvalue weighted by Crippen LogP contribution is 2.35. The number of rotatable bonds is 4. The minimum absolute atomic E-state index is 0.104. The molecular weight excluding hydrogens is 484 g/mol. The van der Waals surface area contributed by atoms with Gasteiger partial charge in [0.15, 0.2) is 5.17 Å². The van der Waals surface area contributed by atoms with E-state index in [0.717, 1.165) is 27.7 Å². The van der Waals surface area contributed by atoms with Crippen molar-refractivity contribution in [1.82, 2.24) is 19.3 Å². The fraction of sp³-hybridized carbons (Fsp3) is 0.107. The van der Waals surface area contributed by atoms with Crippen LogP contribution in [0, 0.1) is 0 Å². The highest BCUT2D eigenvalue weighted by Gasteiger charge is 2.41. The lowest BCUT2D eigenvalue weighted by molar-refractivity contribution is -0.124. The minimum atomic E-state index is -0.547. The zero-order valence-corrected chi connectivity index (χ0v) is 20.4. The van der Waals surface area contributed by atoms with Crippen LogP contribution in [0.25, 0.3) is 16.6 Å². The Labute approximate surface area is 215 Å². The largest absolute Gasteiger partial charge is 0.361 e. The number of aromatic nitrogens is 3. The number of H-pyrrole nitrogens is 1. The van der Waals surface area contributed by atoms with Crippen LogP contribution in [0.1, 0.15) is 16.8 Å². The predicted molar refractivity (Wildman–Crippen MR) is 145 cm³/mol. The fourth-order valence-corrected chi connectivity index (χ4v) is 5.75. The number of amides is 1. The molecule has 1 amide bonds. The maximum absolute atomic E-state index is 13.7. The average Bonchev–Trinajstić information content (AvgIpc) is 3.49. The Balaban J connectivity index is 1.21. The van der Waals surface area contributed by atoms with Gasteiger partial charge in [0.2, 0.25) is 0 Å². The number of benzene rings is 2. The number of nitrogens with zero attached hydrogens (tertiary/aromatic N) is 5. The van der Waals surface area contributed by atoms with Gasteiger partial charge in [0.25, 0.3) is 11.5 Å². The molecule has 0 bridgehead atoms. The van der Waals surface area contributed by atoms with E-state index >= 15 is 0 Å². The monoisotopic (exact) mass is 504 g/mol. The van der Waals surface area contributed by atoms with E-state index in [9.17, 15) is 9.59 Å². The van der Waals surface area contributed by atoms with Crippen molar-refractivity contribution in [2.45, 2.75) is 18.2 Å². The van der Waals surface area contributed by atoms with Crippen molar-refractivity contribution < 1.29 is 4.79 Å². The van der Waals surface area contributed by atoms with Crippen molar-refractivity contribution in [3.8, 4) is 0 Å². The molecule has 2 aliphatic rings. The van der Waals surface area contributed by atoms with Crippen molar-refractivity contribution in [1.29, 1.82) is 0 Å².